The Morgan fingerprint density at radius 3 is 2.79 bits per heavy atom. The minimum absolute atomic E-state index is 0.000579. The molecule has 2 fully saturated rings. The van der Waals surface area contributed by atoms with Gasteiger partial charge in [0.1, 0.15) is 0 Å². The Hall–Kier alpha value is -0.590. The average molecular weight is 192 g/mol. The second-order valence-corrected chi connectivity index (χ2v) is 5.42. The second kappa shape index (κ2) is 3.22. The molecule has 2 saturated carbocycles. The minimum atomic E-state index is 0.000579. The normalized spacial score (nSPS) is 40.5. The van der Waals surface area contributed by atoms with E-state index < -0.39 is 0 Å². The lowest BCUT2D eigenvalue weighted by molar-refractivity contribution is -0.126. The van der Waals surface area contributed by atoms with Crippen LogP contribution in [0.5, 0.6) is 0 Å². The van der Waals surface area contributed by atoms with Crippen LogP contribution in [0.1, 0.15) is 39.5 Å². The summed E-state index contributed by atoms with van der Waals surface area (Å²) in [4.78, 5) is 12.0. The Labute approximate surface area is 86.6 Å². The first-order valence-corrected chi connectivity index (χ1v) is 5.77. The molecule has 0 heterocycles. The number of hydrogen-bond donors (Lipinski definition) is 0. The van der Waals surface area contributed by atoms with Crippen LogP contribution in [0.3, 0.4) is 0 Å². The van der Waals surface area contributed by atoms with Crippen LogP contribution in [0.2, 0.25) is 0 Å². The zero-order valence-electron chi connectivity index (χ0n) is 9.25. The predicted molar refractivity (Wildman–Crippen MR) is 57.9 cm³/mol. The second-order valence-electron chi connectivity index (χ2n) is 5.42. The van der Waals surface area contributed by atoms with Crippen LogP contribution in [-0.2, 0) is 4.79 Å². The Bertz CT molecular complexity index is 266. The summed E-state index contributed by atoms with van der Waals surface area (Å²) >= 11 is 0. The van der Waals surface area contributed by atoms with Crippen LogP contribution in [0.15, 0.2) is 12.7 Å². The SMILES string of the molecule is C=CC(=O)C12CCC(CC1C(C)C)C2. The van der Waals surface area contributed by atoms with Crippen molar-refractivity contribution in [1.82, 2.24) is 0 Å². The first-order valence-electron chi connectivity index (χ1n) is 5.77. The minimum Gasteiger partial charge on any atom is -0.294 e. The molecule has 0 aliphatic heterocycles. The highest BCUT2D eigenvalue weighted by Crippen LogP contribution is 2.60. The average Bonchev–Trinajstić information content (AvgIpc) is 2.74. The molecular formula is C13H20O. The lowest BCUT2D eigenvalue weighted by atomic mass is 9.67. The molecule has 0 spiro atoms. The number of fused-ring (bicyclic) bond motifs is 2. The van der Waals surface area contributed by atoms with E-state index in [1.165, 1.54) is 12.8 Å². The van der Waals surface area contributed by atoms with E-state index in [0.29, 0.717) is 17.6 Å². The first kappa shape index (κ1) is 9.95. The highest BCUT2D eigenvalue weighted by Gasteiger charge is 2.55. The van der Waals surface area contributed by atoms with Gasteiger partial charge in [-0.3, -0.25) is 4.79 Å². The molecule has 0 aromatic heterocycles. The summed E-state index contributed by atoms with van der Waals surface area (Å²) in [5, 5.41) is 0. The fourth-order valence-corrected chi connectivity index (χ4v) is 3.82. The summed E-state index contributed by atoms with van der Waals surface area (Å²) in [6.45, 7) is 8.17. The highest BCUT2D eigenvalue weighted by atomic mass is 16.1. The lowest BCUT2D eigenvalue weighted by Gasteiger charge is -2.35. The van der Waals surface area contributed by atoms with Crippen molar-refractivity contribution in [3.8, 4) is 0 Å². The summed E-state index contributed by atoms with van der Waals surface area (Å²) in [5.74, 6) is 2.40. The Morgan fingerprint density at radius 2 is 2.29 bits per heavy atom. The summed E-state index contributed by atoms with van der Waals surface area (Å²) < 4.78 is 0. The van der Waals surface area contributed by atoms with E-state index >= 15 is 0 Å². The van der Waals surface area contributed by atoms with Crippen LogP contribution in [0.25, 0.3) is 0 Å². The number of ketones is 1. The van der Waals surface area contributed by atoms with E-state index in [1.54, 1.807) is 6.08 Å². The standard InChI is InChI=1S/C13H20O/c1-4-12(14)13-6-5-10(8-13)7-11(13)9(2)3/h4,9-11H,1,5-8H2,2-3H3. The maximum Gasteiger partial charge on any atom is 0.161 e. The van der Waals surface area contributed by atoms with Gasteiger partial charge >= 0.3 is 0 Å². The molecule has 0 amide bonds. The number of rotatable bonds is 3. The van der Waals surface area contributed by atoms with E-state index in [-0.39, 0.29) is 5.41 Å². The third kappa shape index (κ3) is 1.18. The molecule has 14 heavy (non-hydrogen) atoms. The van der Waals surface area contributed by atoms with Gasteiger partial charge in [-0.25, -0.2) is 0 Å². The number of hydrogen-bond acceptors (Lipinski definition) is 1. The molecule has 0 radical (unpaired) electrons. The highest BCUT2D eigenvalue weighted by molar-refractivity contribution is 5.95. The van der Waals surface area contributed by atoms with Crippen LogP contribution in [-0.4, -0.2) is 5.78 Å². The van der Waals surface area contributed by atoms with Gasteiger partial charge in [0, 0.05) is 5.41 Å². The third-order valence-electron chi connectivity index (χ3n) is 4.43. The monoisotopic (exact) mass is 192 g/mol. The van der Waals surface area contributed by atoms with Crippen molar-refractivity contribution in [2.45, 2.75) is 39.5 Å². The fourth-order valence-electron chi connectivity index (χ4n) is 3.82. The molecule has 1 heteroatoms. The van der Waals surface area contributed by atoms with E-state index in [0.717, 1.165) is 18.8 Å². The maximum atomic E-state index is 12.0. The van der Waals surface area contributed by atoms with Crippen molar-refractivity contribution in [1.29, 1.82) is 0 Å². The zero-order chi connectivity index (χ0) is 10.3. The van der Waals surface area contributed by atoms with Gasteiger partial charge in [0.15, 0.2) is 5.78 Å². The molecule has 3 atom stereocenters. The van der Waals surface area contributed by atoms with E-state index in [2.05, 4.69) is 20.4 Å². The lowest BCUT2D eigenvalue weighted by Crippen LogP contribution is -2.35. The zero-order valence-corrected chi connectivity index (χ0v) is 9.25. The van der Waals surface area contributed by atoms with E-state index in [4.69, 9.17) is 0 Å². The molecule has 0 aromatic carbocycles. The molecule has 0 aromatic rings. The molecule has 0 N–H and O–H groups in total. The van der Waals surface area contributed by atoms with Crippen molar-refractivity contribution >= 4 is 5.78 Å². The van der Waals surface area contributed by atoms with Crippen LogP contribution < -0.4 is 0 Å². The van der Waals surface area contributed by atoms with Gasteiger partial charge in [-0.1, -0.05) is 20.4 Å². The van der Waals surface area contributed by atoms with Gasteiger partial charge in [0.2, 0.25) is 0 Å². The van der Waals surface area contributed by atoms with Crippen molar-refractivity contribution < 1.29 is 4.79 Å². The Morgan fingerprint density at radius 1 is 1.57 bits per heavy atom. The van der Waals surface area contributed by atoms with E-state index in [1.807, 2.05) is 0 Å². The molecule has 1 nitrogen and oxygen atoms in total. The van der Waals surface area contributed by atoms with Crippen LogP contribution in [0.4, 0.5) is 0 Å². The number of allylic oxidation sites excluding steroid dienone is 1. The molecular weight excluding hydrogens is 172 g/mol. The largest absolute Gasteiger partial charge is 0.294 e. The van der Waals surface area contributed by atoms with Crippen LogP contribution >= 0.6 is 0 Å². The van der Waals surface area contributed by atoms with Crippen molar-refractivity contribution in [2.24, 2.45) is 23.2 Å². The van der Waals surface area contributed by atoms with Gasteiger partial charge < -0.3 is 0 Å². The summed E-state index contributed by atoms with van der Waals surface area (Å²) in [6.07, 6.45) is 6.36. The Kier molecular flexibility index (Phi) is 2.29. The summed E-state index contributed by atoms with van der Waals surface area (Å²) in [5.41, 5.74) is 0.000579. The molecule has 3 unspecified atom stereocenters. The van der Waals surface area contributed by atoms with E-state index in [9.17, 15) is 4.79 Å². The fraction of sp³-hybridized carbons (Fsp3) is 0.769. The van der Waals surface area contributed by atoms with Crippen molar-refractivity contribution in [3.05, 3.63) is 12.7 Å². The number of carbonyl (C=O) groups is 1. The van der Waals surface area contributed by atoms with Gasteiger partial charge in [-0.2, -0.15) is 0 Å². The van der Waals surface area contributed by atoms with Crippen molar-refractivity contribution in [3.63, 3.8) is 0 Å². The van der Waals surface area contributed by atoms with Crippen LogP contribution in [0, 0.1) is 23.2 Å². The molecule has 2 rings (SSSR count). The van der Waals surface area contributed by atoms with Gasteiger partial charge in [0.25, 0.3) is 0 Å². The summed E-state index contributed by atoms with van der Waals surface area (Å²) in [6, 6.07) is 0. The molecule has 2 aliphatic carbocycles. The molecule has 78 valence electrons. The molecule has 2 aliphatic rings. The molecule has 2 bridgehead atoms. The molecule has 0 saturated heterocycles. The number of carbonyl (C=O) groups excluding carboxylic acids is 1. The van der Waals surface area contributed by atoms with Gasteiger partial charge in [-0.05, 0) is 49.5 Å². The first-order chi connectivity index (χ1) is 6.60. The third-order valence-corrected chi connectivity index (χ3v) is 4.43. The van der Waals surface area contributed by atoms with Gasteiger partial charge in [-0.15, -0.1) is 0 Å². The maximum absolute atomic E-state index is 12.0. The smallest absolute Gasteiger partial charge is 0.161 e. The van der Waals surface area contributed by atoms with Gasteiger partial charge in [0.05, 0.1) is 0 Å². The predicted octanol–water partition coefficient (Wildman–Crippen LogP) is 3.20. The van der Waals surface area contributed by atoms with Crippen molar-refractivity contribution in [2.75, 3.05) is 0 Å². The quantitative estimate of drug-likeness (QED) is 0.627. The topological polar surface area (TPSA) is 17.1 Å². The summed E-state index contributed by atoms with van der Waals surface area (Å²) in [7, 11) is 0. The Balaban J connectivity index is 2.29.